The van der Waals surface area contributed by atoms with E-state index in [1.54, 1.807) is 0 Å². The van der Waals surface area contributed by atoms with Gasteiger partial charge in [0.1, 0.15) is 0 Å². The highest BCUT2D eigenvalue weighted by molar-refractivity contribution is 6.88. The summed E-state index contributed by atoms with van der Waals surface area (Å²) < 4.78 is 0. The predicted octanol–water partition coefficient (Wildman–Crippen LogP) is 6.16. The van der Waals surface area contributed by atoms with Crippen LogP contribution in [0.25, 0.3) is 22.4 Å². The summed E-state index contributed by atoms with van der Waals surface area (Å²) in [6, 6.07) is 21.9. The van der Waals surface area contributed by atoms with Gasteiger partial charge in [0.05, 0.1) is 13.8 Å². The van der Waals surface area contributed by atoms with Crippen molar-refractivity contribution in [2.24, 2.45) is 5.92 Å². The SMILES string of the molecule is CC(C)Cc1cc(-c2ccccc2)ncc1-c1ccc([Si](C)(C)C)cc1. The van der Waals surface area contributed by atoms with Gasteiger partial charge in [0.2, 0.25) is 0 Å². The lowest BCUT2D eigenvalue weighted by atomic mass is 9.94. The number of hydrogen-bond donors (Lipinski definition) is 0. The van der Waals surface area contributed by atoms with Gasteiger partial charge in [-0.15, -0.1) is 0 Å². The Morgan fingerprint density at radius 2 is 1.50 bits per heavy atom. The summed E-state index contributed by atoms with van der Waals surface area (Å²) in [5.74, 6) is 0.612. The van der Waals surface area contributed by atoms with Crippen molar-refractivity contribution >= 4 is 13.3 Å². The molecule has 2 aromatic carbocycles. The first-order valence-corrected chi connectivity index (χ1v) is 13.0. The molecule has 26 heavy (non-hydrogen) atoms. The molecular weight excluding hydrogens is 330 g/mol. The summed E-state index contributed by atoms with van der Waals surface area (Å²) >= 11 is 0. The van der Waals surface area contributed by atoms with Crippen LogP contribution < -0.4 is 5.19 Å². The smallest absolute Gasteiger partial charge is 0.0775 e. The van der Waals surface area contributed by atoms with Crippen LogP contribution in [0, 0.1) is 5.92 Å². The van der Waals surface area contributed by atoms with Gasteiger partial charge >= 0.3 is 0 Å². The molecule has 0 radical (unpaired) electrons. The van der Waals surface area contributed by atoms with Gasteiger partial charge in [-0.1, -0.05) is 93.3 Å². The van der Waals surface area contributed by atoms with Crippen LogP contribution in [0.15, 0.2) is 66.9 Å². The van der Waals surface area contributed by atoms with Crippen molar-refractivity contribution in [1.29, 1.82) is 0 Å². The molecule has 1 aromatic heterocycles. The highest BCUT2D eigenvalue weighted by Crippen LogP contribution is 2.28. The van der Waals surface area contributed by atoms with Gasteiger partial charge in [-0.25, -0.2) is 0 Å². The predicted molar refractivity (Wildman–Crippen MR) is 117 cm³/mol. The minimum Gasteiger partial charge on any atom is -0.256 e. The summed E-state index contributed by atoms with van der Waals surface area (Å²) in [6.45, 7) is 11.7. The van der Waals surface area contributed by atoms with Crippen LogP contribution in [0.3, 0.4) is 0 Å². The highest BCUT2D eigenvalue weighted by Gasteiger charge is 2.16. The third-order valence-corrected chi connectivity index (χ3v) is 6.81. The topological polar surface area (TPSA) is 12.9 Å². The summed E-state index contributed by atoms with van der Waals surface area (Å²) in [5, 5.41) is 1.50. The van der Waals surface area contributed by atoms with E-state index >= 15 is 0 Å². The summed E-state index contributed by atoms with van der Waals surface area (Å²) in [4.78, 5) is 4.77. The molecule has 1 nitrogen and oxygen atoms in total. The molecule has 1 heterocycles. The Morgan fingerprint density at radius 1 is 0.846 bits per heavy atom. The quantitative estimate of drug-likeness (QED) is 0.497. The summed E-state index contributed by atoms with van der Waals surface area (Å²) in [7, 11) is -1.27. The maximum Gasteiger partial charge on any atom is 0.0775 e. The molecule has 0 atom stereocenters. The van der Waals surface area contributed by atoms with E-state index in [1.165, 1.54) is 27.4 Å². The van der Waals surface area contributed by atoms with Gasteiger partial charge in [-0.05, 0) is 29.5 Å². The zero-order valence-electron chi connectivity index (χ0n) is 16.6. The van der Waals surface area contributed by atoms with Crippen LogP contribution in [0.4, 0.5) is 0 Å². The Labute approximate surface area is 159 Å². The molecule has 3 rings (SSSR count). The number of hydrogen-bond acceptors (Lipinski definition) is 1. The van der Waals surface area contributed by atoms with E-state index in [-0.39, 0.29) is 0 Å². The van der Waals surface area contributed by atoms with E-state index in [0.29, 0.717) is 5.92 Å². The van der Waals surface area contributed by atoms with Crippen molar-refractivity contribution in [2.45, 2.75) is 39.9 Å². The average Bonchev–Trinajstić information content (AvgIpc) is 2.61. The zero-order chi connectivity index (χ0) is 18.7. The lowest BCUT2D eigenvalue weighted by molar-refractivity contribution is 0.648. The van der Waals surface area contributed by atoms with Gasteiger partial charge in [-0.2, -0.15) is 0 Å². The molecule has 0 bridgehead atoms. The third-order valence-electron chi connectivity index (χ3n) is 4.75. The summed E-state index contributed by atoms with van der Waals surface area (Å²) in [6.07, 6.45) is 3.12. The second-order valence-corrected chi connectivity index (χ2v) is 13.6. The number of rotatable bonds is 5. The molecule has 0 unspecified atom stereocenters. The largest absolute Gasteiger partial charge is 0.256 e. The molecule has 0 N–H and O–H groups in total. The third kappa shape index (κ3) is 4.31. The van der Waals surface area contributed by atoms with Gasteiger partial charge in [0.25, 0.3) is 0 Å². The molecule has 134 valence electrons. The molecular formula is C24H29NSi. The minimum atomic E-state index is -1.27. The fourth-order valence-electron chi connectivity index (χ4n) is 3.28. The maximum absolute atomic E-state index is 4.77. The van der Waals surface area contributed by atoms with Crippen molar-refractivity contribution in [3.63, 3.8) is 0 Å². The average molecular weight is 360 g/mol. The van der Waals surface area contributed by atoms with E-state index in [1.807, 2.05) is 6.07 Å². The summed E-state index contributed by atoms with van der Waals surface area (Å²) in [5.41, 5.74) is 6.16. The first-order chi connectivity index (χ1) is 12.3. The number of aromatic nitrogens is 1. The monoisotopic (exact) mass is 359 g/mol. The standard InChI is InChI=1S/C24H29NSi/c1-18(2)15-21-16-24(20-9-7-6-8-10-20)25-17-23(21)19-11-13-22(14-12-19)26(3,4)5/h6-14,16-18H,15H2,1-5H3. The fraction of sp³-hybridized carbons (Fsp3) is 0.292. The second-order valence-electron chi connectivity index (χ2n) is 8.52. The second kappa shape index (κ2) is 7.59. The Kier molecular flexibility index (Phi) is 5.43. The zero-order valence-corrected chi connectivity index (χ0v) is 17.6. The Balaban J connectivity index is 2.03. The van der Waals surface area contributed by atoms with Crippen LogP contribution in [0.1, 0.15) is 19.4 Å². The molecule has 0 spiro atoms. The molecule has 0 saturated heterocycles. The first kappa shape index (κ1) is 18.6. The van der Waals surface area contributed by atoms with E-state index in [4.69, 9.17) is 4.98 Å². The molecule has 3 aromatic rings. The lowest BCUT2D eigenvalue weighted by Crippen LogP contribution is -2.37. The normalized spacial score (nSPS) is 11.8. The molecule has 0 saturated carbocycles. The van der Waals surface area contributed by atoms with E-state index in [0.717, 1.165) is 12.1 Å². The highest BCUT2D eigenvalue weighted by atomic mass is 28.3. The molecule has 0 amide bonds. The van der Waals surface area contributed by atoms with E-state index in [9.17, 15) is 0 Å². The maximum atomic E-state index is 4.77. The van der Waals surface area contributed by atoms with Gasteiger partial charge in [0.15, 0.2) is 0 Å². The van der Waals surface area contributed by atoms with E-state index in [2.05, 4.69) is 94.3 Å². The van der Waals surface area contributed by atoms with Gasteiger partial charge < -0.3 is 0 Å². The molecule has 0 aliphatic heterocycles. The fourth-order valence-corrected chi connectivity index (χ4v) is 4.45. The van der Waals surface area contributed by atoms with Crippen LogP contribution in [0.2, 0.25) is 19.6 Å². The van der Waals surface area contributed by atoms with Crippen molar-refractivity contribution in [3.8, 4) is 22.4 Å². The lowest BCUT2D eigenvalue weighted by Gasteiger charge is -2.18. The van der Waals surface area contributed by atoms with Crippen molar-refractivity contribution in [1.82, 2.24) is 4.98 Å². The molecule has 2 heteroatoms. The van der Waals surface area contributed by atoms with Gasteiger partial charge in [0, 0.05) is 17.3 Å². The molecule has 0 aliphatic carbocycles. The van der Waals surface area contributed by atoms with Crippen molar-refractivity contribution in [3.05, 3.63) is 72.4 Å². The Bertz CT molecular complexity index is 859. The van der Waals surface area contributed by atoms with Crippen LogP contribution >= 0.6 is 0 Å². The van der Waals surface area contributed by atoms with Gasteiger partial charge in [-0.3, -0.25) is 4.98 Å². The minimum absolute atomic E-state index is 0.612. The van der Waals surface area contributed by atoms with Crippen LogP contribution in [0.5, 0.6) is 0 Å². The first-order valence-electron chi connectivity index (χ1n) is 9.50. The Morgan fingerprint density at radius 3 is 2.08 bits per heavy atom. The van der Waals surface area contributed by atoms with Crippen molar-refractivity contribution < 1.29 is 0 Å². The molecule has 0 aliphatic rings. The van der Waals surface area contributed by atoms with Crippen LogP contribution in [-0.2, 0) is 6.42 Å². The number of nitrogens with zero attached hydrogens (tertiary/aromatic N) is 1. The molecule has 0 fully saturated rings. The van der Waals surface area contributed by atoms with Crippen molar-refractivity contribution in [2.75, 3.05) is 0 Å². The van der Waals surface area contributed by atoms with E-state index < -0.39 is 8.07 Å². The Hall–Kier alpha value is -2.19. The number of benzene rings is 2. The van der Waals surface area contributed by atoms with Crippen LogP contribution in [-0.4, -0.2) is 13.1 Å². The number of pyridine rings is 1.